The first-order valence-corrected chi connectivity index (χ1v) is 13.7. The van der Waals surface area contributed by atoms with Gasteiger partial charge in [0.1, 0.15) is 17.8 Å². The van der Waals surface area contributed by atoms with Crippen molar-refractivity contribution in [3.05, 3.63) is 29.8 Å². The normalized spacial score (nSPS) is 16.2. The molecule has 3 unspecified atom stereocenters. The van der Waals surface area contributed by atoms with Crippen LogP contribution in [-0.2, 0) is 20.8 Å². The van der Waals surface area contributed by atoms with Gasteiger partial charge in [0, 0.05) is 46.1 Å². The molecule has 3 N–H and O–H groups in total. The molecule has 1 fully saturated rings. The smallest absolute Gasteiger partial charge is 0.410 e. The molecule has 1 aromatic carbocycles. The molecular formula is C28H45N5O5. The summed E-state index contributed by atoms with van der Waals surface area (Å²) < 4.78 is 5.52. The van der Waals surface area contributed by atoms with Crippen molar-refractivity contribution in [1.29, 1.82) is 0 Å². The van der Waals surface area contributed by atoms with Crippen LogP contribution in [0.1, 0.15) is 58.4 Å². The molecule has 0 bridgehead atoms. The molecule has 1 saturated heterocycles. The van der Waals surface area contributed by atoms with Crippen molar-refractivity contribution >= 4 is 23.8 Å². The number of hydrogen-bond acceptors (Lipinski definition) is 6. The molecule has 0 radical (unpaired) electrons. The van der Waals surface area contributed by atoms with Gasteiger partial charge in [-0.2, -0.15) is 0 Å². The molecule has 3 atom stereocenters. The quantitative estimate of drug-likeness (QED) is 0.336. The number of rotatable bonds is 13. The number of hydrogen-bond donors (Lipinski definition) is 3. The van der Waals surface area contributed by atoms with Crippen molar-refractivity contribution < 1.29 is 23.9 Å². The van der Waals surface area contributed by atoms with Gasteiger partial charge in [-0.1, -0.05) is 52.2 Å². The Morgan fingerprint density at radius 3 is 2.18 bits per heavy atom. The highest BCUT2D eigenvalue weighted by Gasteiger charge is 2.29. The Bertz CT molecular complexity index is 915. The Morgan fingerprint density at radius 2 is 1.61 bits per heavy atom. The number of benzene rings is 1. The first-order chi connectivity index (χ1) is 18.2. The molecular weight excluding hydrogens is 486 g/mol. The van der Waals surface area contributed by atoms with E-state index < -0.39 is 18.0 Å². The lowest BCUT2D eigenvalue weighted by Crippen LogP contribution is -2.56. The van der Waals surface area contributed by atoms with Gasteiger partial charge in [0.05, 0.1) is 0 Å². The second-order valence-corrected chi connectivity index (χ2v) is 10.1. The van der Waals surface area contributed by atoms with Crippen LogP contribution < -0.4 is 20.7 Å². The van der Waals surface area contributed by atoms with E-state index in [4.69, 9.17) is 4.74 Å². The van der Waals surface area contributed by atoms with Crippen LogP contribution in [0.4, 0.5) is 4.79 Å². The minimum Gasteiger partial charge on any atom is -0.410 e. The molecule has 2 rings (SSSR count). The zero-order valence-corrected chi connectivity index (χ0v) is 23.5. The lowest BCUT2D eigenvalue weighted by Gasteiger charge is -2.31. The standard InChI is InChI=1S/C28H45N5O5/c1-6-8-9-10-24(34)30-23(26(35)31-25(20(3)7-2)27(36)29-4)19-21-11-13-22(14-12-21)38-28(37)33-17-15-32(5)16-18-33/h11-14,20,23,25H,6-10,15-19H2,1-5H3,(H,29,36)(H,30,34)(H,31,35). The summed E-state index contributed by atoms with van der Waals surface area (Å²) >= 11 is 0. The lowest BCUT2D eigenvalue weighted by molar-refractivity contribution is -0.132. The monoisotopic (exact) mass is 531 g/mol. The van der Waals surface area contributed by atoms with Crippen LogP contribution in [0.2, 0.25) is 0 Å². The fourth-order valence-corrected chi connectivity index (χ4v) is 4.21. The summed E-state index contributed by atoms with van der Waals surface area (Å²) in [6, 6.07) is 5.39. The first-order valence-electron chi connectivity index (χ1n) is 13.7. The Balaban J connectivity index is 2.09. The van der Waals surface area contributed by atoms with E-state index in [2.05, 4.69) is 27.8 Å². The average Bonchev–Trinajstić information content (AvgIpc) is 2.91. The largest absolute Gasteiger partial charge is 0.415 e. The fraction of sp³-hybridized carbons (Fsp3) is 0.643. The fourth-order valence-electron chi connectivity index (χ4n) is 4.21. The molecule has 10 nitrogen and oxygen atoms in total. The number of amides is 4. The number of likely N-dealkylation sites (N-methyl/N-ethyl adjacent to an activating group) is 2. The predicted octanol–water partition coefficient (Wildman–Crippen LogP) is 2.32. The van der Waals surface area contributed by atoms with Crippen molar-refractivity contribution in [2.24, 2.45) is 5.92 Å². The van der Waals surface area contributed by atoms with E-state index in [-0.39, 0.29) is 30.2 Å². The molecule has 10 heteroatoms. The molecule has 1 aromatic rings. The van der Waals surface area contributed by atoms with Gasteiger partial charge in [0.2, 0.25) is 17.7 Å². The first kappa shape index (κ1) is 31.1. The lowest BCUT2D eigenvalue weighted by atomic mass is 9.97. The van der Waals surface area contributed by atoms with Crippen molar-refractivity contribution in [2.45, 2.75) is 71.4 Å². The summed E-state index contributed by atoms with van der Waals surface area (Å²) in [5.41, 5.74) is 0.790. The molecule has 0 aromatic heterocycles. The third-order valence-electron chi connectivity index (χ3n) is 7.03. The molecule has 0 spiro atoms. The zero-order chi connectivity index (χ0) is 28.1. The number of nitrogens with one attached hydrogen (secondary N) is 3. The number of carbonyl (C=O) groups is 4. The Morgan fingerprint density at radius 1 is 0.947 bits per heavy atom. The maximum Gasteiger partial charge on any atom is 0.415 e. The van der Waals surface area contributed by atoms with Gasteiger partial charge >= 0.3 is 6.09 Å². The number of ether oxygens (including phenoxy) is 1. The zero-order valence-electron chi connectivity index (χ0n) is 23.5. The highest BCUT2D eigenvalue weighted by atomic mass is 16.6. The topological polar surface area (TPSA) is 120 Å². The van der Waals surface area contributed by atoms with Crippen LogP contribution in [-0.4, -0.2) is 86.0 Å². The van der Waals surface area contributed by atoms with Crippen molar-refractivity contribution in [3.63, 3.8) is 0 Å². The summed E-state index contributed by atoms with van der Waals surface area (Å²) in [4.78, 5) is 54.6. The summed E-state index contributed by atoms with van der Waals surface area (Å²) in [5, 5.41) is 8.31. The van der Waals surface area contributed by atoms with Crippen LogP contribution in [0.5, 0.6) is 5.75 Å². The third-order valence-corrected chi connectivity index (χ3v) is 7.03. The van der Waals surface area contributed by atoms with E-state index in [1.807, 2.05) is 20.9 Å². The van der Waals surface area contributed by atoms with Gasteiger partial charge in [0.25, 0.3) is 0 Å². The van der Waals surface area contributed by atoms with Crippen LogP contribution >= 0.6 is 0 Å². The van der Waals surface area contributed by atoms with E-state index in [1.165, 1.54) is 7.05 Å². The molecule has 1 aliphatic rings. The van der Waals surface area contributed by atoms with Gasteiger partial charge in [0.15, 0.2) is 0 Å². The van der Waals surface area contributed by atoms with E-state index >= 15 is 0 Å². The van der Waals surface area contributed by atoms with Gasteiger partial charge in [-0.25, -0.2) is 4.79 Å². The minimum atomic E-state index is -0.848. The second-order valence-electron chi connectivity index (χ2n) is 10.1. The van der Waals surface area contributed by atoms with Crippen molar-refractivity contribution in [3.8, 4) is 5.75 Å². The number of nitrogens with zero attached hydrogens (tertiary/aromatic N) is 2. The molecule has 1 heterocycles. The van der Waals surface area contributed by atoms with Crippen LogP contribution in [0.25, 0.3) is 0 Å². The number of piperazine rings is 1. The molecule has 1 aliphatic heterocycles. The molecule has 212 valence electrons. The number of unbranched alkanes of at least 4 members (excludes halogenated alkanes) is 2. The average molecular weight is 532 g/mol. The van der Waals surface area contributed by atoms with Gasteiger partial charge < -0.3 is 30.5 Å². The van der Waals surface area contributed by atoms with Gasteiger partial charge in [-0.05, 0) is 37.1 Å². The van der Waals surface area contributed by atoms with E-state index in [0.717, 1.165) is 37.9 Å². The number of carbonyl (C=O) groups excluding carboxylic acids is 4. The van der Waals surface area contributed by atoms with E-state index in [0.29, 0.717) is 31.7 Å². The van der Waals surface area contributed by atoms with Crippen molar-refractivity contribution in [1.82, 2.24) is 25.8 Å². The van der Waals surface area contributed by atoms with Crippen LogP contribution in [0.15, 0.2) is 24.3 Å². The maximum absolute atomic E-state index is 13.3. The van der Waals surface area contributed by atoms with Crippen molar-refractivity contribution in [2.75, 3.05) is 40.3 Å². The molecule has 0 aliphatic carbocycles. The summed E-state index contributed by atoms with van der Waals surface area (Å²) in [5.74, 6) is -0.537. The van der Waals surface area contributed by atoms with Crippen LogP contribution in [0.3, 0.4) is 0 Å². The molecule has 38 heavy (non-hydrogen) atoms. The Hall–Kier alpha value is -3.14. The summed E-state index contributed by atoms with van der Waals surface area (Å²) in [6.07, 6.45) is 3.57. The third kappa shape index (κ3) is 9.96. The minimum absolute atomic E-state index is 0.0749. The maximum atomic E-state index is 13.3. The second kappa shape index (κ2) is 16.0. The predicted molar refractivity (Wildman–Crippen MR) is 147 cm³/mol. The molecule has 4 amide bonds. The summed E-state index contributed by atoms with van der Waals surface area (Å²) in [6.45, 7) is 8.78. The van der Waals surface area contributed by atoms with Crippen LogP contribution in [0, 0.1) is 5.92 Å². The summed E-state index contributed by atoms with van der Waals surface area (Å²) in [7, 11) is 3.56. The van der Waals surface area contributed by atoms with E-state index in [1.54, 1.807) is 29.2 Å². The highest BCUT2D eigenvalue weighted by molar-refractivity contribution is 5.92. The highest BCUT2D eigenvalue weighted by Crippen LogP contribution is 2.16. The Kier molecular flexibility index (Phi) is 13.1. The van der Waals surface area contributed by atoms with Gasteiger partial charge in [-0.15, -0.1) is 0 Å². The SMILES string of the molecule is CCCCCC(=O)NC(Cc1ccc(OC(=O)N2CCN(C)CC2)cc1)C(=O)NC(C(=O)NC)C(C)CC. The van der Waals surface area contributed by atoms with E-state index in [9.17, 15) is 19.2 Å². The van der Waals surface area contributed by atoms with Gasteiger partial charge in [-0.3, -0.25) is 14.4 Å². The Labute approximate surface area is 226 Å². The molecule has 0 saturated carbocycles.